The van der Waals surface area contributed by atoms with Crippen LogP contribution < -0.4 is 29.4 Å². The van der Waals surface area contributed by atoms with E-state index in [1.807, 2.05) is 0 Å². The van der Waals surface area contributed by atoms with Gasteiger partial charge in [0.05, 0.1) is 22.4 Å². The summed E-state index contributed by atoms with van der Waals surface area (Å²) >= 11 is 3.54. The first-order valence-corrected chi connectivity index (χ1v) is 11.4. The number of ether oxygens (including phenoxy) is 5. The molecule has 0 fully saturated rings. The van der Waals surface area contributed by atoms with Crippen LogP contribution in [0, 0.1) is 21.4 Å². The quantitative estimate of drug-likeness (QED) is 0.334. The van der Waals surface area contributed by atoms with Gasteiger partial charge in [0, 0.05) is 23.8 Å². The van der Waals surface area contributed by atoms with E-state index >= 15 is 0 Å². The van der Waals surface area contributed by atoms with Crippen LogP contribution in [-0.2, 0) is 6.61 Å². The Kier molecular flexibility index (Phi) is 6.03. The number of non-ortho nitro benzene ring substituents is 1. The highest BCUT2D eigenvalue weighted by atomic mass is 79.9. The molecule has 5 rings (SSSR count). The largest absolute Gasteiger partial charge is 0.493 e. The maximum Gasteiger partial charge on any atom is 0.269 e. The highest BCUT2D eigenvalue weighted by molar-refractivity contribution is 9.10. The van der Waals surface area contributed by atoms with Gasteiger partial charge in [0.1, 0.15) is 24.0 Å². The molecule has 2 N–H and O–H groups in total. The highest BCUT2D eigenvalue weighted by Gasteiger charge is 2.34. The molecule has 182 valence electrons. The topological polar surface area (TPSA) is 139 Å². The molecule has 11 heteroatoms. The van der Waals surface area contributed by atoms with Gasteiger partial charge in [-0.1, -0.05) is 12.1 Å². The van der Waals surface area contributed by atoms with Crippen molar-refractivity contribution < 1.29 is 28.6 Å². The van der Waals surface area contributed by atoms with Crippen LogP contribution in [0.4, 0.5) is 5.69 Å². The molecule has 36 heavy (non-hydrogen) atoms. The van der Waals surface area contributed by atoms with Gasteiger partial charge >= 0.3 is 0 Å². The van der Waals surface area contributed by atoms with E-state index in [0.717, 1.165) is 0 Å². The Labute approximate surface area is 213 Å². The van der Waals surface area contributed by atoms with Crippen LogP contribution in [0.3, 0.4) is 0 Å². The maximum atomic E-state index is 11.1. The second-order valence-corrected chi connectivity index (χ2v) is 8.77. The molecule has 0 saturated heterocycles. The summed E-state index contributed by atoms with van der Waals surface area (Å²) in [6.45, 7) is 0.169. The van der Waals surface area contributed by atoms with E-state index in [2.05, 4.69) is 22.0 Å². The number of nitriles is 1. The van der Waals surface area contributed by atoms with Crippen molar-refractivity contribution in [3.63, 3.8) is 0 Å². The summed E-state index contributed by atoms with van der Waals surface area (Å²) in [4.78, 5) is 10.6. The zero-order chi connectivity index (χ0) is 25.4. The number of nitrogens with zero attached hydrogens (tertiary/aromatic N) is 2. The van der Waals surface area contributed by atoms with E-state index in [9.17, 15) is 15.4 Å². The van der Waals surface area contributed by atoms with E-state index in [0.29, 0.717) is 49.9 Å². The first kappa shape index (κ1) is 23.3. The summed E-state index contributed by atoms with van der Waals surface area (Å²) in [6, 6.07) is 15.4. The second kappa shape index (κ2) is 9.31. The summed E-state index contributed by atoms with van der Waals surface area (Å²) in [5, 5.41) is 21.0. The summed E-state index contributed by atoms with van der Waals surface area (Å²) in [5.41, 5.74) is 8.33. The number of nitro groups is 1. The molecule has 0 unspecified atom stereocenters. The molecule has 2 heterocycles. The van der Waals surface area contributed by atoms with Crippen molar-refractivity contribution in [2.24, 2.45) is 5.73 Å². The van der Waals surface area contributed by atoms with Gasteiger partial charge in [0.15, 0.2) is 23.0 Å². The van der Waals surface area contributed by atoms with Crippen LogP contribution in [0.25, 0.3) is 0 Å². The SMILES string of the molecule is COc1cc([C@@H]2C(C#N)=C(N)Oc3cc4c(cc32)OCO4)cc(Br)c1OCc1cccc([N+](=O)[O-])c1. The van der Waals surface area contributed by atoms with E-state index in [1.54, 1.807) is 36.4 Å². The molecule has 2 aliphatic rings. The Morgan fingerprint density at radius 3 is 2.69 bits per heavy atom. The average molecular weight is 552 g/mol. The molecule has 0 amide bonds. The monoisotopic (exact) mass is 551 g/mol. The number of hydrogen-bond donors (Lipinski definition) is 1. The molecule has 0 spiro atoms. The van der Waals surface area contributed by atoms with Crippen molar-refractivity contribution in [3.8, 4) is 34.8 Å². The fraction of sp³-hybridized carbons (Fsp3) is 0.160. The van der Waals surface area contributed by atoms with Gasteiger partial charge in [-0.05, 0) is 45.3 Å². The molecule has 10 nitrogen and oxygen atoms in total. The number of methoxy groups -OCH3 is 1. The lowest BCUT2D eigenvalue weighted by molar-refractivity contribution is -0.384. The number of rotatable bonds is 6. The molecule has 0 aromatic heterocycles. The third-order valence-electron chi connectivity index (χ3n) is 5.80. The van der Waals surface area contributed by atoms with Gasteiger partial charge in [-0.3, -0.25) is 10.1 Å². The summed E-state index contributed by atoms with van der Waals surface area (Å²) < 4.78 is 28.8. The number of allylic oxidation sites excluding steroid dienone is 1. The molecular formula is C25H18BrN3O7. The zero-order valence-corrected chi connectivity index (χ0v) is 20.4. The van der Waals surface area contributed by atoms with Crippen molar-refractivity contribution >= 4 is 21.6 Å². The maximum absolute atomic E-state index is 11.1. The van der Waals surface area contributed by atoms with Gasteiger partial charge in [0.2, 0.25) is 12.7 Å². The fourth-order valence-electron chi connectivity index (χ4n) is 4.15. The van der Waals surface area contributed by atoms with Crippen molar-refractivity contribution in [3.05, 3.63) is 91.3 Å². The minimum atomic E-state index is -0.565. The molecule has 0 saturated carbocycles. The molecular weight excluding hydrogens is 534 g/mol. The van der Waals surface area contributed by atoms with Crippen molar-refractivity contribution in [2.75, 3.05) is 13.9 Å². The Bertz CT molecular complexity index is 1460. The molecule has 2 aliphatic heterocycles. The van der Waals surface area contributed by atoms with E-state index in [4.69, 9.17) is 29.4 Å². The van der Waals surface area contributed by atoms with Crippen LogP contribution in [0.15, 0.2) is 64.5 Å². The highest BCUT2D eigenvalue weighted by Crippen LogP contribution is 2.50. The van der Waals surface area contributed by atoms with Crippen LogP contribution in [0.2, 0.25) is 0 Å². The normalized spacial score (nSPS) is 15.5. The van der Waals surface area contributed by atoms with E-state index in [1.165, 1.54) is 19.2 Å². The number of fused-ring (bicyclic) bond motifs is 2. The second-order valence-electron chi connectivity index (χ2n) is 7.92. The lowest BCUT2D eigenvalue weighted by Crippen LogP contribution is -2.21. The third kappa shape index (κ3) is 4.12. The molecule has 3 aromatic rings. The van der Waals surface area contributed by atoms with Gasteiger partial charge in [-0.2, -0.15) is 5.26 Å². The van der Waals surface area contributed by atoms with Gasteiger partial charge in [-0.25, -0.2) is 0 Å². The van der Waals surface area contributed by atoms with Crippen molar-refractivity contribution in [1.82, 2.24) is 0 Å². The third-order valence-corrected chi connectivity index (χ3v) is 6.39. The number of benzene rings is 3. The van der Waals surface area contributed by atoms with Gasteiger partial charge in [-0.15, -0.1) is 0 Å². The first-order valence-electron chi connectivity index (χ1n) is 10.6. The number of nitro benzene ring substituents is 1. The summed E-state index contributed by atoms with van der Waals surface area (Å²) in [5.74, 6) is 1.77. The zero-order valence-electron chi connectivity index (χ0n) is 18.8. The number of nitrogens with two attached hydrogens (primary N) is 1. The summed E-state index contributed by atoms with van der Waals surface area (Å²) in [6.07, 6.45) is 0. The standard InChI is InChI=1S/C25H18BrN3O7/c1-32-22-7-14(6-18(26)24(22)33-11-13-3-2-4-15(5-13)29(30)31)23-16-8-20-21(35-12-34-20)9-19(16)36-25(28)17(23)10-27/h2-9,23H,11-12,28H2,1H3/t23-/m0/s1. The van der Waals surface area contributed by atoms with E-state index < -0.39 is 10.8 Å². The van der Waals surface area contributed by atoms with Gasteiger partial charge < -0.3 is 29.4 Å². The Hall–Kier alpha value is -4.43. The smallest absolute Gasteiger partial charge is 0.269 e. The van der Waals surface area contributed by atoms with E-state index in [-0.39, 0.29) is 30.5 Å². The fourth-order valence-corrected chi connectivity index (χ4v) is 4.73. The summed E-state index contributed by atoms with van der Waals surface area (Å²) in [7, 11) is 1.50. The lowest BCUT2D eigenvalue weighted by atomic mass is 9.83. The van der Waals surface area contributed by atoms with Gasteiger partial charge in [0.25, 0.3) is 5.69 Å². The van der Waals surface area contributed by atoms with Crippen LogP contribution in [0.1, 0.15) is 22.6 Å². The Balaban J connectivity index is 1.53. The average Bonchev–Trinajstić information content (AvgIpc) is 3.33. The van der Waals surface area contributed by atoms with Crippen LogP contribution in [0.5, 0.6) is 28.7 Å². The molecule has 1 atom stereocenters. The minimum Gasteiger partial charge on any atom is -0.493 e. The Morgan fingerprint density at radius 2 is 1.97 bits per heavy atom. The number of halogens is 1. The van der Waals surface area contributed by atoms with Crippen LogP contribution in [-0.4, -0.2) is 18.8 Å². The lowest BCUT2D eigenvalue weighted by Gasteiger charge is -2.27. The van der Waals surface area contributed by atoms with Crippen LogP contribution >= 0.6 is 15.9 Å². The molecule has 3 aromatic carbocycles. The molecule has 0 radical (unpaired) electrons. The predicted octanol–water partition coefficient (Wildman–Crippen LogP) is 4.89. The van der Waals surface area contributed by atoms with Crippen molar-refractivity contribution in [2.45, 2.75) is 12.5 Å². The molecule has 0 bridgehead atoms. The van der Waals surface area contributed by atoms with Crippen molar-refractivity contribution in [1.29, 1.82) is 5.26 Å². The first-order chi connectivity index (χ1) is 17.4. The predicted molar refractivity (Wildman–Crippen MR) is 130 cm³/mol. The Morgan fingerprint density at radius 1 is 1.19 bits per heavy atom. The number of hydrogen-bond acceptors (Lipinski definition) is 9. The minimum absolute atomic E-state index is 0.00467. The molecule has 0 aliphatic carbocycles.